The van der Waals surface area contributed by atoms with E-state index in [4.69, 9.17) is 5.11 Å². The van der Waals surface area contributed by atoms with Crippen molar-refractivity contribution < 1.29 is 13.5 Å². The SMILES string of the molecule is O=S(=O)(Nc1nnns1)c1ccccc1C#CCCO. The van der Waals surface area contributed by atoms with Crippen LogP contribution in [0.15, 0.2) is 29.2 Å². The van der Waals surface area contributed by atoms with E-state index in [1.165, 1.54) is 6.07 Å². The summed E-state index contributed by atoms with van der Waals surface area (Å²) in [6.07, 6.45) is 0.280. The highest BCUT2D eigenvalue weighted by Crippen LogP contribution is 2.18. The van der Waals surface area contributed by atoms with Crippen LogP contribution in [0.2, 0.25) is 0 Å². The molecule has 0 aliphatic heterocycles. The third kappa shape index (κ3) is 3.51. The Kier molecular flexibility index (Phi) is 4.62. The van der Waals surface area contributed by atoms with Crippen LogP contribution in [-0.4, -0.2) is 34.9 Å². The molecule has 1 aromatic heterocycles. The molecule has 0 unspecified atom stereocenters. The van der Waals surface area contributed by atoms with Crippen molar-refractivity contribution in [3.05, 3.63) is 29.8 Å². The molecular formula is C11H10N4O3S2. The highest BCUT2D eigenvalue weighted by molar-refractivity contribution is 7.93. The Morgan fingerprint density at radius 1 is 1.35 bits per heavy atom. The molecule has 20 heavy (non-hydrogen) atoms. The fraction of sp³-hybridized carbons (Fsp3) is 0.182. The summed E-state index contributed by atoms with van der Waals surface area (Å²) in [4.78, 5) is 0.0423. The second-order valence-electron chi connectivity index (χ2n) is 3.54. The Balaban J connectivity index is 2.35. The van der Waals surface area contributed by atoms with Crippen LogP contribution in [-0.2, 0) is 10.0 Å². The average molecular weight is 310 g/mol. The molecule has 9 heteroatoms. The van der Waals surface area contributed by atoms with Gasteiger partial charge in [0.2, 0.25) is 5.13 Å². The molecule has 2 rings (SSSR count). The van der Waals surface area contributed by atoms with Gasteiger partial charge in [-0.25, -0.2) is 8.42 Å². The molecule has 0 aliphatic carbocycles. The van der Waals surface area contributed by atoms with Crippen molar-refractivity contribution in [2.45, 2.75) is 11.3 Å². The Morgan fingerprint density at radius 2 is 2.15 bits per heavy atom. The third-order valence-corrected chi connectivity index (χ3v) is 4.20. The molecular weight excluding hydrogens is 300 g/mol. The zero-order valence-electron chi connectivity index (χ0n) is 10.1. The average Bonchev–Trinajstić information content (AvgIpc) is 2.91. The molecule has 0 amide bonds. The maximum Gasteiger partial charge on any atom is 0.264 e. The van der Waals surface area contributed by atoms with Crippen LogP contribution in [0.1, 0.15) is 12.0 Å². The molecule has 1 heterocycles. The number of hydrogen-bond acceptors (Lipinski definition) is 7. The van der Waals surface area contributed by atoms with Crippen molar-refractivity contribution in [1.29, 1.82) is 0 Å². The number of sulfonamides is 1. The lowest BCUT2D eigenvalue weighted by molar-refractivity contribution is 0.305. The standard InChI is InChI=1S/C11H10N4O3S2/c16-8-4-3-6-9-5-1-2-7-10(9)20(17,18)13-11-12-14-15-19-11/h1-2,5,7,16H,4,8H2,(H,12,13,15). The van der Waals surface area contributed by atoms with Crippen molar-refractivity contribution in [3.8, 4) is 11.8 Å². The lowest BCUT2D eigenvalue weighted by atomic mass is 10.2. The van der Waals surface area contributed by atoms with Crippen LogP contribution >= 0.6 is 11.5 Å². The van der Waals surface area contributed by atoms with E-state index in [0.29, 0.717) is 5.56 Å². The molecule has 0 bridgehead atoms. The Hall–Kier alpha value is -2.02. The van der Waals surface area contributed by atoms with Gasteiger partial charge in [-0.2, -0.15) is 0 Å². The maximum atomic E-state index is 12.2. The highest BCUT2D eigenvalue weighted by Gasteiger charge is 2.19. The summed E-state index contributed by atoms with van der Waals surface area (Å²) in [5.41, 5.74) is 0.353. The molecule has 0 radical (unpaired) electrons. The third-order valence-electron chi connectivity index (χ3n) is 2.16. The van der Waals surface area contributed by atoms with Crippen LogP contribution < -0.4 is 4.72 Å². The minimum absolute atomic E-state index is 0.0423. The van der Waals surface area contributed by atoms with Gasteiger partial charge in [0, 0.05) is 23.5 Å². The smallest absolute Gasteiger partial charge is 0.264 e. The first-order valence-electron chi connectivity index (χ1n) is 5.50. The number of hydrogen-bond donors (Lipinski definition) is 2. The van der Waals surface area contributed by atoms with Gasteiger partial charge in [0.05, 0.1) is 6.61 Å². The lowest BCUT2D eigenvalue weighted by Gasteiger charge is -2.06. The van der Waals surface area contributed by atoms with Crippen LogP contribution in [0.5, 0.6) is 0 Å². The van der Waals surface area contributed by atoms with Crippen molar-refractivity contribution in [1.82, 2.24) is 14.8 Å². The van der Waals surface area contributed by atoms with Gasteiger partial charge in [0.1, 0.15) is 4.90 Å². The summed E-state index contributed by atoms with van der Waals surface area (Å²) in [6.45, 7) is -0.0728. The molecule has 0 spiro atoms. The van der Waals surface area contributed by atoms with E-state index in [2.05, 4.69) is 31.4 Å². The predicted molar refractivity (Wildman–Crippen MR) is 73.5 cm³/mol. The fourth-order valence-electron chi connectivity index (χ4n) is 1.36. The van der Waals surface area contributed by atoms with Gasteiger partial charge in [0.15, 0.2) is 0 Å². The molecule has 0 aliphatic rings. The van der Waals surface area contributed by atoms with E-state index in [-0.39, 0.29) is 23.1 Å². The monoisotopic (exact) mass is 310 g/mol. The van der Waals surface area contributed by atoms with Crippen molar-refractivity contribution in [3.63, 3.8) is 0 Å². The first-order valence-corrected chi connectivity index (χ1v) is 7.76. The van der Waals surface area contributed by atoms with Gasteiger partial charge in [-0.15, -0.1) is 0 Å². The van der Waals surface area contributed by atoms with E-state index in [0.717, 1.165) is 11.5 Å². The van der Waals surface area contributed by atoms with Crippen molar-refractivity contribution >= 4 is 26.7 Å². The molecule has 0 atom stereocenters. The number of benzene rings is 1. The number of aliphatic hydroxyl groups excluding tert-OH is 1. The normalized spacial score (nSPS) is 10.7. The molecule has 2 aromatic rings. The first-order chi connectivity index (χ1) is 9.63. The predicted octanol–water partition coefficient (Wildman–Crippen LogP) is 0.468. The summed E-state index contributed by atoms with van der Waals surface area (Å²) >= 11 is 0.840. The zero-order valence-corrected chi connectivity index (χ0v) is 11.8. The van der Waals surface area contributed by atoms with E-state index in [1.807, 2.05) is 0 Å². The first kappa shape index (κ1) is 14.4. The van der Waals surface area contributed by atoms with E-state index >= 15 is 0 Å². The Morgan fingerprint density at radius 3 is 2.85 bits per heavy atom. The second-order valence-corrected chi connectivity index (χ2v) is 5.93. The van der Waals surface area contributed by atoms with Gasteiger partial charge in [-0.1, -0.05) is 33.6 Å². The quantitative estimate of drug-likeness (QED) is 0.795. The summed E-state index contributed by atoms with van der Waals surface area (Å²) in [6, 6.07) is 6.33. The summed E-state index contributed by atoms with van der Waals surface area (Å²) in [5, 5.41) is 15.6. The maximum absolute atomic E-state index is 12.2. The minimum Gasteiger partial charge on any atom is -0.395 e. The number of rotatable bonds is 4. The van der Waals surface area contributed by atoms with E-state index < -0.39 is 10.0 Å². The number of aromatic nitrogens is 3. The van der Waals surface area contributed by atoms with Crippen molar-refractivity contribution in [2.24, 2.45) is 0 Å². The lowest BCUT2D eigenvalue weighted by Crippen LogP contribution is -2.14. The zero-order chi connectivity index (χ0) is 14.4. The highest BCUT2D eigenvalue weighted by atomic mass is 32.2. The largest absolute Gasteiger partial charge is 0.395 e. The van der Waals surface area contributed by atoms with Crippen molar-refractivity contribution in [2.75, 3.05) is 11.3 Å². The topological polar surface area (TPSA) is 105 Å². The number of aliphatic hydroxyl groups is 1. The second kappa shape index (κ2) is 6.42. The molecule has 0 saturated carbocycles. The Bertz CT molecular complexity index is 733. The summed E-state index contributed by atoms with van der Waals surface area (Å²) in [7, 11) is -3.80. The van der Waals surface area contributed by atoms with Gasteiger partial charge in [-0.3, -0.25) is 4.72 Å². The number of nitrogens with zero attached hydrogens (tertiary/aromatic N) is 3. The molecule has 104 valence electrons. The van der Waals surface area contributed by atoms with Gasteiger partial charge >= 0.3 is 0 Å². The van der Waals surface area contributed by atoms with E-state index in [9.17, 15) is 8.42 Å². The molecule has 7 nitrogen and oxygen atoms in total. The molecule has 0 fully saturated rings. The van der Waals surface area contributed by atoms with Gasteiger partial charge < -0.3 is 5.11 Å². The van der Waals surface area contributed by atoms with Gasteiger partial charge in [-0.05, 0) is 17.3 Å². The summed E-state index contributed by atoms with van der Waals surface area (Å²) < 4.78 is 30.2. The van der Waals surface area contributed by atoms with Crippen LogP contribution in [0, 0.1) is 11.8 Å². The summed E-state index contributed by atoms with van der Waals surface area (Å²) in [5.74, 6) is 5.42. The van der Waals surface area contributed by atoms with Crippen LogP contribution in [0.4, 0.5) is 5.13 Å². The van der Waals surface area contributed by atoms with E-state index in [1.54, 1.807) is 18.2 Å². The fourth-order valence-corrected chi connectivity index (χ4v) is 3.11. The Labute approximate surface area is 119 Å². The van der Waals surface area contributed by atoms with Gasteiger partial charge in [0.25, 0.3) is 10.0 Å². The molecule has 0 saturated heterocycles. The van der Waals surface area contributed by atoms with Crippen LogP contribution in [0.25, 0.3) is 0 Å². The minimum atomic E-state index is -3.80. The number of anilines is 1. The molecule has 1 aromatic carbocycles. The molecule has 2 N–H and O–H groups in total. The number of nitrogens with one attached hydrogen (secondary N) is 1. The van der Waals surface area contributed by atoms with Crippen LogP contribution in [0.3, 0.4) is 0 Å².